The summed E-state index contributed by atoms with van der Waals surface area (Å²) in [7, 11) is 0. The van der Waals surface area contributed by atoms with Crippen molar-refractivity contribution in [2.75, 3.05) is 13.1 Å². The Bertz CT molecular complexity index is 500. The van der Waals surface area contributed by atoms with Crippen molar-refractivity contribution in [2.45, 2.75) is 19.5 Å². The molecular weight excluding hydrogens is 275 g/mol. The Balaban J connectivity index is 2.79. The number of carboxylic acids is 1. The van der Waals surface area contributed by atoms with E-state index in [1.54, 1.807) is 31.2 Å². The smallest absolute Gasteiger partial charge is 0.406 e. The molecule has 1 aromatic rings. The second-order valence-electron chi connectivity index (χ2n) is 4.42. The molecule has 0 spiro atoms. The number of hydrogen-bond acceptors (Lipinski definition) is 2. The van der Waals surface area contributed by atoms with Gasteiger partial charge < -0.3 is 10.0 Å². The Morgan fingerprint density at radius 2 is 1.95 bits per heavy atom. The third-order valence-electron chi connectivity index (χ3n) is 2.49. The average molecular weight is 289 g/mol. The van der Waals surface area contributed by atoms with E-state index in [0.29, 0.717) is 10.5 Å². The summed E-state index contributed by atoms with van der Waals surface area (Å²) in [6.07, 6.45) is -4.89. The van der Waals surface area contributed by atoms with Crippen LogP contribution >= 0.6 is 0 Å². The zero-order chi connectivity index (χ0) is 15.3. The normalized spacial score (nSPS) is 11.2. The van der Waals surface area contributed by atoms with Gasteiger partial charge in [0.1, 0.15) is 13.1 Å². The maximum absolute atomic E-state index is 12.3. The zero-order valence-corrected chi connectivity index (χ0v) is 10.8. The molecule has 0 aliphatic rings. The lowest BCUT2D eigenvalue weighted by Gasteiger charge is -2.22. The van der Waals surface area contributed by atoms with E-state index in [1.807, 2.05) is 0 Å². The molecule has 0 bridgehead atoms. The Hall–Kier alpha value is -2.05. The van der Waals surface area contributed by atoms with E-state index >= 15 is 0 Å². The predicted octanol–water partition coefficient (Wildman–Crippen LogP) is 2.01. The summed E-state index contributed by atoms with van der Waals surface area (Å²) in [6.45, 7) is -0.743. The van der Waals surface area contributed by atoms with Gasteiger partial charge in [-0.25, -0.2) is 0 Å². The van der Waals surface area contributed by atoms with Crippen LogP contribution in [-0.4, -0.2) is 41.1 Å². The molecule has 0 aliphatic carbocycles. The van der Waals surface area contributed by atoms with E-state index in [-0.39, 0.29) is 6.42 Å². The SMILES string of the molecule is Cc1cccc(CC(=O)N(CC(=O)O)CC(F)(F)F)c1. The van der Waals surface area contributed by atoms with E-state index in [0.717, 1.165) is 5.56 Å². The van der Waals surface area contributed by atoms with Gasteiger partial charge in [-0.05, 0) is 12.5 Å². The molecule has 0 heterocycles. The van der Waals surface area contributed by atoms with Gasteiger partial charge in [-0.2, -0.15) is 13.2 Å². The van der Waals surface area contributed by atoms with Crippen LogP contribution in [-0.2, 0) is 16.0 Å². The van der Waals surface area contributed by atoms with E-state index in [2.05, 4.69) is 0 Å². The maximum Gasteiger partial charge on any atom is 0.406 e. The number of rotatable bonds is 5. The molecule has 1 aromatic carbocycles. The summed E-state index contributed by atoms with van der Waals surface area (Å²) in [6, 6.07) is 6.75. The Labute approximate surface area is 113 Å². The average Bonchev–Trinajstić information content (AvgIpc) is 2.25. The van der Waals surface area contributed by atoms with Gasteiger partial charge in [-0.1, -0.05) is 29.8 Å². The first-order valence-corrected chi connectivity index (χ1v) is 5.79. The number of nitrogens with zero attached hydrogens (tertiary/aromatic N) is 1. The minimum absolute atomic E-state index is 0.259. The van der Waals surface area contributed by atoms with Crippen LogP contribution in [0.1, 0.15) is 11.1 Å². The van der Waals surface area contributed by atoms with E-state index in [1.165, 1.54) is 0 Å². The Morgan fingerprint density at radius 1 is 1.30 bits per heavy atom. The largest absolute Gasteiger partial charge is 0.480 e. The third kappa shape index (κ3) is 5.73. The van der Waals surface area contributed by atoms with Crippen LogP contribution in [0.4, 0.5) is 13.2 Å². The van der Waals surface area contributed by atoms with E-state index in [9.17, 15) is 22.8 Å². The van der Waals surface area contributed by atoms with Crippen molar-refractivity contribution >= 4 is 11.9 Å². The number of amides is 1. The van der Waals surface area contributed by atoms with Crippen LogP contribution in [0.2, 0.25) is 0 Å². The van der Waals surface area contributed by atoms with Crippen LogP contribution in [0.3, 0.4) is 0 Å². The Morgan fingerprint density at radius 3 is 2.45 bits per heavy atom. The summed E-state index contributed by atoms with van der Waals surface area (Å²) in [5.74, 6) is -2.35. The maximum atomic E-state index is 12.3. The fourth-order valence-corrected chi connectivity index (χ4v) is 1.72. The standard InChI is InChI=1S/C13H14F3NO3/c1-9-3-2-4-10(5-9)6-11(18)17(7-12(19)20)8-13(14,15)16/h2-5H,6-8H2,1H3,(H,19,20). The highest BCUT2D eigenvalue weighted by Gasteiger charge is 2.33. The summed E-state index contributed by atoms with van der Waals surface area (Å²) in [4.78, 5) is 22.6. The van der Waals surface area contributed by atoms with Crippen LogP contribution in [0, 0.1) is 6.92 Å². The van der Waals surface area contributed by atoms with Crippen molar-refractivity contribution in [1.82, 2.24) is 4.90 Å². The van der Waals surface area contributed by atoms with Gasteiger partial charge in [0.25, 0.3) is 0 Å². The molecule has 1 N–H and O–H groups in total. The summed E-state index contributed by atoms with van der Waals surface area (Å²) >= 11 is 0. The molecule has 0 unspecified atom stereocenters. The number of carbonyl (C=O) groups is 2. The first kappa shape index (κ1) is 16.0. The second kappa shape index (κ2) is 6.40. The molecular formula is C13H14F3NO3. The van der Waals surface area contributed by atoms with Crippen molar-refractivity contribution in [1.29, 1.82) is 0 Å². The van der Waals surface area contributed by atoms with Crippen LogP contribution in [0.25, 0.3) is 0 Å². The minimum atomic E-state index is -4.63. The van der Waals surface area contributed by atoms with Gasteiger partial charge in [0.05, 0.1) is 6.42 Å². The fraction of sp³-hybridized carbons (Fsp3) is 0.385. The predicted molar refractivity (Wildman–Crippen MR) is 65.2 cm³/mol. The van der Waals surface area contributed by atoms with Crippen LogP contribution in [0.15, 0.2) is 24.3 Å². The van der Waals surface area contributed by atoms with Gasteiger partial charge >= 0.3 is 12.1 Å². The molecule has 1 amide bonds. The zero-order valence-electron chi connectivity index (χ0n) is 10.8. The van der Waals surface area contributed by atoms with Crippen LogP contribution < -0.4 is 0 Å². The molecule has 0 aromatic heterocycles. The number of aliphatic carboxylic acids is 1. The van der Waals surface area contributed by atoms with Crippen molar-refractivity contribution in [2.24, 2.45) is 0 Å². The third-order valence-corrected chi connectivity index (χ3v) is 2.49. The number of hydrogen-bond donors (Lipinski definition) is 1. The lowest BCUT2D eigenvalue weighted by atomic mass is 10.1. The number of alkyl halides is 3. The molecule has 0 saturated heterocycles. The Kier molecular flexibility index (Phi) is 5.12. The summed E-state index contributed by atoms with van der Waals surface area (Å²) < 4.78 is 37.0. The quantitative estimate of drug-likeness (QED) is 0.902. The lowest BCUT2D eigenvalue weighted by Crippen LogP contribution is -2.42. The van der Waals surface area contributed by atoms with Crippen molar-refractivity contribution < 1.29 is 27.9 Å². The molecule has 20 heavy (non-hydrogen) atoms. The minimum Gasteiger partial charge on any atom is -0.480 e. The number of aryl methyl sites for hydroxylation is 1. The van der Waals surface area contributed by atoms with Gasteiger partial charge in [0, 0.05) is 0 Å². The topological polar surface area (TPSA) is 57.6 Å². The molecule has 110 valence electrons. The summed E-state index contributed by atoms with van der Waals surface area (Å²) in [5.41, 5.74) is 1.42. The molecule has 4 nitrogen and oxygen atoms in total. The molecule has 0 saturated carbocycles. The van der Waals surface area contributed by atoms with Crippen molar-refractivity contribution in [3.8, 4) is 0 Å². The van der Waals surface area contributed by atoms with Crippen molar-refractivity contribution in [3.05, 3.63) is 35.4 Å². The van der Waals surface area contributed by atoms with E-state index in [4.69, 9.17) is 5.11 Å². The molecule has 0 aliphatic heterocycles. The van der Waals surface area contributed by atoms with Gasteiger partial charge in [-0.3, -0.25) is 9.59 Å². The molecule has 7 heteroatoms. The van der Waals surface area contributed by atoms with E-state index < -0.39 is 31.1 Å². The summed E-state index contributed by atoms with van der Waals surface area (Å²) in [5, 5.41) is 8.58. The molecule has 1 rings (SSSR count). The van der Waals surface area contributed by atoms with Crippen LogP contribution in [0.5, 0.6) is 0 Å². The first-order valence-electron chi connectivity index (χ1n) is 5.79. The van der Waals surface area contributed by atoms with Gasteiger partial charge in [0.15, 0.2) is 0 Å². The number of benzene rings is 1. The van der Waals surface area contributed by atoms with Gasteiger partial charge in [-0.15, -0.1) is 0 Å². The number of carbonyl (C=O) groups excluding carboxylic acids is 1. The lowest BCUT2D eigenvalue weighted by molar-refractivity contribution is -0.165. The first-order chi connectivity index (χ1) is 9.17. The van der Waals surface area contributed by atoms with Gasteiger partial charge in [0.2, 0.25) is 5.91 Å². The molecule has 0 fully saturated rings. The number of halogens is 3. The highest BCUT2D eigenvalue weighted by molar-refractivity contribution is 5.83. The number of carboxylic acid groups (broad SMARTS) is 1. The second-order valence-corrected chi connectivity index (χ2v) is 4.42. The fourth-order valence-electron chi connectivity index (χ4n) is 1.72. The van der Waals surface area contributed by atoms with Crippen molar-refractivity contribution in [3.63, 3.8) is 0 Å². The monoisotopic (exact) mass is 289 g/mol. The highest BCUT2D eigenvalue weighted by atomic mass is 19.4. The molecule has 0 radical (unpaired) electrons. The highest BCUT2D eigenvalue weighted by Crippen LogP contribution is 2.17. The molecule has 0 atom stereocenters.